The quantitative estimate of drug-likeness (QED) is 0.894. The van der Waals surface area contributed by atoms with Crippen LogP contribution in [-0.4, -0.2) is 17.2 Å². The Labute approximate surface area is 115 Å². The zero-order chi connectivity index (χ0) is 13.7. The zero-order valence-electron chi connectivity index (χ0n) is 10.1. The van der Waals surface area contributed by atoms with Gasteiger partial charge in [0.25, 0.3) is 0 Å². The van der Waals surface area contributed by atoms with Crippen molar-refractivity contribution in [3.05, 3.63) is 34.9 Å². The second-order valence-electron chi connectivity index (χ2n) is 3.83. The van der Waals surface area contributed by atoms with E-state index < -0.39 is 6.03 Å². The van der Waals surface area contributed by atoms with Crippen LogP contribution in [0.5, 0.6) is 0 Å². The third-order valence-electron chi connectivity index (χ3n) is 2.36. The first-order valence-corrected chi connectivity index (χ1v) is 6.73. The Morgan fingerprint density at radius 1 is 1.28 bits per heavy atom. The Kier molecular flexibility index (Phi) is 5.50. The van der Waals surface area contributed by atoms with Crippen LogP contribution >= 0.6 is 23.4 Å². The van der Waals surface area contributed by atoms with Gasteiger partial charge in [-0.25, -0.2) is 4.79 Å². The number of carbonyl (C=O) groups is 2. The van der Waals surface area contributed by atoms with Crippen LogP contribution < -0.4 is 11.1 Å². The number of rotatable bonds is 4. The summed E-state index contributed by atoms with van der Waals surface area (Å²) in [5.74, 6) is -0.381. The zero-order valence-corrected chi connectivity index (χ0v) is 11.7. The van der Waals surface area contributed by atoms with Crippen LogP contribution in [0.2, 0.25) is 5.02 Å². The average Bonchev–Trinajstić information content (AvgIpc) is 2.28. The van der Waals surface area contributed by atoms with Crippen molar-refractivity contribution in [2.45, 2.75) is 24.3 Å². The number of hydrogen-bond donors (Lipinski definition) is 2. The van der Waals surface area contributed by atoms with Gasteiger partial charge in [0.2, 0.25) is 5.91 Å². The smallest absolute Gasteiger partial charge is 0.318 e. The molecule has 3 amide bonds. The van der Waals surface area contributed by atoms with E-state index in [-0.39, 0.29) is 16.4 Å². The van der Waals surface area contributed by atoms with E-state index in [9.17, 15) is 9.59 Å². The van der Waals surface area contributed by atoms with Gasteiger partial charge in [0.15, 0.2) is 0 Å². The molecule has 3 N–H and O–H groups in total. The molecule has 0 unspecified atom stereocenters. The highest BCUT2D eigenvalue weighted by atomic mass is 35.5. The number of halogens is 1. The molecule has 0 saturated heterocycles. The maximum atomic E-state index is 11.5. The van der Waals surface area contributed by atoms with Crippen LogP contribution in [-0.2, 0) is 4.79 Å². The highest BCUT2D eigenvalue weighted by molar-refractivity contribution is 8.00. The summed E-state index contributed by atoms with van der Waals surface area (Å²) in [6.07, 6.45) is 0. The van der Waals surface area contributed by atoms with E-state index in [4.69, 9.17) is 17.3 Å². The third kappa shape index (κ3) is 4.58. The molecule has 18 heavy (non-hydrogen) atoms. The van der Waals surface area contributed by atoms with Crippen molar-refractivity contribution in [2.24, 2.45) is 5.73 Å². The van der Waals surface area contributed by atoms with Crippen molar-refractivity contribution in [2.75, 3.05) is 0 Å². The Morgan fingerprint density at radius 2 is 1.83 bits per heavy atom. The molecule has 0 heterocycles. The molecule has 6 heteroatoms. The van der Waals surface area contributed by atoms with Gasteiger partial charge in [-0.3, -0.25) is 10.1 Å². The summed E-state index contributed by atoms with van der Waals surface area (Å²) < 4.78 is 0. The summed E-state index contributed by atoms with van der Waals surface area (Å²) in [4.78, 5) is 22.1. The van der Waals surface area contributed by atoms with Crippen molar-refractivity contribution in [1.82, 2.24) is 5.32 Å². The minimum Gasteiger partial charge on any atom is -0.351 e. The molecule has 0 fully saturated rings. The summed E-state index contributed by atoms with van der Waals surface area (Å²) in [5.41, 5.74) is 5.97. The van der Waals surface area contributed by atoms with Gasteiger partial charge in [0.1, 0.15) is 0 Å². The average molecular weight is 287 g/mol. The molecular formula is C12H15ClN2O2S. The molecule has 0 spiro atoms. The monoisotopic (exact) mass is 286 g/mol. The molecule has 1 aromatic rings. The first kappa shape index (κ1) is 14.9. The lowest BCUT2D eigenvalue weighted by atomic mass is 10.2. The molecule has 0 bridgehead atoms. The van der Waals surface area contributed by atoms with Gasteiger partial charge < -0.3 is 5.73 Å². The fraction of sp³-hybridized carbons (Fsp3) is 0.333. The second kappa shape index (κ2) is 6.66. The molecule has 4 nitrogen and oxygen atoms in total. The summed E-state index contributed by atoms with van der Waals surface area (Å²) in [7, 11) is 0. The van der Waals surface area contributed by atoms with E-state index in [1.165, 1.54) is 11.8 Å². The predicted molar refractivity (Wildman–Crippen MR) is 74.6 cm³/mol. The Hall–Kier alpha value is -1.20. The van der Waals surface area contributed by atoms with Gasteiger partial charge in [0, 0.05) is 10.3 Å². The van der Waals surface area contributed by atoms with Crippen molar-refractivity contribution in [3.8, 4) is 0 Å². The molecule has 0 aliphatic heterocycles. The van der Waals surface area contributed by atoms with Crippen LogP contribution in [0.4, 0.5) is 4.79 Å². The molecule has 0 radical (unpaired) electrons. The maximum Gasteiger partial charge on any atom is 0.318 e. The first-order valence-electron chi connectivity index (χ1n) is 5.41. The number of thioether (sulfide) groups is 1. The van der Waals surface area contributed by atoms with E-state index in [2.05, 4.69) is 5.32 Å². The third-order valence-corrected chi connectivity index (χ3v) is 3.92. The number of urea groups is 1. The van der Waals surface area contributed by atoms with Gasteiger partial charge in [-0.2, -0.15) is 0 Å². The molecule has 98 valence electrons. The number of amides is 3. The predicted octanol–water partition coefficient (Wildman–Crippen LogP) is 2.72. The number of carbonyl (C=O) groups excluding carboxylic acids is 2. The summed E-state index contributed by atoms with van der Waals surface area (Å²) in [5, 5.41) is 2.51. The van der Waals surface area contributed by atoms with Crippen LogP contribution in [0.1, 0.15) is 24.7 Å². The molecule has 1 rings (SSSR count). The molecule has 1 aromatic carbocycles. The Bertz CT molecular complexity index is 436. The maximum absolute atomic E-state index is 11.5. The molecule has 0 aromatic heterocycles. The van der Waals surface area contributed by atoms with Crippen LogP contribution in [0.15, 0.2) is 24.3 Å². The second-order valence-corrected chi connectivity index (χ2v) is 5.95. The fourth-order valence-corrected chi connectivity index (χ4v) is 2.64. The summed E-state index contributed by atoms with van der Waals surface area (Å²) in [6, 6.07) is 6.62. The van der Waals surface area contributed by atoms with Crippen LogP contribution in [0.3, 0.4) is 0 Å². The number of hydrogen-bond acceptors (Lipinski definition) is 3. The van der Waals surface area contributed by atoms with Crippen molar-refractivity contribution in [1.29, 1.82) is 0 Å². The van der Waals surface area contributed by atoms with Crippen molar-refractivity contribution < 1.29 is 9.59 Å². The fourth-order valence-electron chi connectivity index (χ4n) is 1.40. The Morgan fingerprint density at radius 3 is 2.33 bits per heavy atom. The van der Waals surface area contributed by atoms with E-state index in [0.717, 1.165) is 5.56 Å². The summed E-state index contributed by atoms with van der Waals surface area (Å²) >= 11 is 7.25. The molecule has 2 atom stereocenters. The highest BCUT2D eigenvalue weighted by Crippen LogP contribution is 2.32. The first-order chi connectivity index (χ1) is 8.40. The standard InChI is InChI=1S/C12H15ClN2O2S/c1-7(9-3-5-10(13)6-4-9)18-8(2)11(16)15-12(14)17/h3-8H,1-2H3,(H3,14,15,16,17)/t7-,8+/m1/s1. The molecule has 0 saturated carbocycles. The van der Waals surface area contributed by atoms with Crippen LogP contribution in [0, 0.1) is 0 Å². The van der Waals surface area contributed by atoms with Gasteiger partial charge in [0.05, 0.1) is 5.25 Å². The normalized spacial score (nSPS) is 13.7. The van der Waals surface area contributed by atoms with Crippen molar-refractivity contribution >= 4 is 35.3 Å². The lowest BCUT2D eigenvalue weighted by molar-refractivity contribution is -0.119. The van der Waals surface area contributed by atoms with Gasteiger partial charge >= 0.3 is 6.03 Å². The Balaban J connectivity index is 2.58. The van der Waals surface area contributed by atoms with E-state index >= 15 is 0 Å². The molecular weight excluding hydrogens is 272 g/mol. The SMILES string of the molecule is C[C@H](S[C@H](C)c1ccc(Cl)cc1)C(=O)NC(N)=O. The largest absolute Gasteiger partial charge is 0.351 e. The lowest BCUT2D eigenvalue weighted by Gasteiger charge is -2.16. The van der Waals surface area contributed by atoms with Gasteiger partial charge in [-0.05, 0) is 31.5 Å². The number of nitrogens with one attached hydrogen (secondary N) is 1. The van der Waals surface area contributed by atoms with Gasteiger partial charge in [-0.1, -0.05) is 23.7 Å². The topological polar surface area (TPSA) is 72.2 Å². The van der Waals surface area contributed by atoms with E-state index in [1.807, 2.05) is 31.2 Å². The minimum atomic E-state index is -0.827. The molecule has 0 aliphatic carbocycles. The number of imide groups is 1. The van der Waals surface area contributed by atoms with Crippen LogP contribution in [0.25, 0.3) is 0 Å². The van der Waals surface area contributed by atoms with E-state index in [0.29, 0.717) is 5.02 Å². The molecule has 0 aliphatic rings. The van der Waals surface area contributed by atoms with E-state index in [1.54, 1.807) is 6.92 Å². The number of benzene rings is 1. The van der Waals surface area contributed by atoms with Crippen molar-refractivity contribution in [3.63, 3.8) is 0 Å². The van der Waals surface area contributed by atoms with Gasteiger partial charge in [-0.15, -0.1) is 11.8 Å². The summed E-state index contributed by atoms with van der Waals surface area (Å²) in [6.45, 7) is 3.72. The number of primary amides is 1. The minimum absolute atomic E-state index is 0.121. The highest BCUT2D eigenvalue weighted by Gasteiger charge is 2.18. The lowest BCUT2D eigenvalue weighted by Crippen LogP contribution is -2.39. The number of nitrogens with two attached hydrogens (primary N) is 1.